The van der Waals surface area contributed by atoms with E-state index in [0.717, 1.165) is 11.1 Å². The fraction of sp³-hybridized carbons (Fsp3) is 0.207. The molecule has 3 aromatic carbocycles. The summed E-state index contributed by atoms with van der Waals surface area (Å²) in [6.07, 6.45) is 0. The first-order valence-electron chi connectivity index (χ1n) is 11.5. The first-order chi connectivity index (χ1) is 17.3. The minimum absolute atomic E-state index is 0.135. The van der Waals surface area contributed by atoms with E-state index in [1.54, 1.807) is 55.6 Å². The molecule has 3 aliphatic carbocycles. The number of carboxylic acid groups (broad SMARTS) is 1. The lowest BCUT2D eigenvalue weighted by atomic mass is 9.51. The molecule has 3 aromatic rings. The molecule has 0 fully saturated rings. The van der Waals surface area contributed by atoms with Crippen LogP contribution < -0.4 is 10.1 Å². The van der Waals surface area contributed by atoms with Crippen LogP contribution in [0.2, 0.25) is 0 Å². The summed E-state index contributed by atoms with van der Waals surface area (Å²) in [5.41, 5.74) is 1.60. The van der Waals surface area contributed by atoms with Gasteiger partial charge in [0.25, 0.3) is 0 Å². The Hall–Kier alpha value is -4.39. The Labute approximate surface area is 208 Å². The second kappa shape index (κ2) is 8.68. The van der Waals surface area contributed by atoms with E-state index in [2.05, 4.69) is 11.9 Å². The molecule has 0 heterocycles. The molecule has 2 unspecified atom stereocenters. The van der Waals surface area contributed by atoms with Gasteiger partial charge in [0.2, 0.25) is 5.91 Å². The van der Waals surface area contributed by atoms with E-state index in [-0.39, 0.29) is 5.57 Å². The van der Waals surface area contributed by atoms with E-state index >= 15 is 0 Å². The van der Waals surface area contributed by atoms with E-state index in [4.69, 9.17) is 9.47 Å². The van der Waals surface area contributed by atoms with E-state index in [0.29, 0.717) is 22.6 Å². The van der Waals surface area contributed by atoms with Gasteiger partial charge in [0, 0.05) is 28.3 Å². The Kier molecular flexibility index (Phi) is 5.63. The maximum atomic E-state index is 13.8. The Morgan fingerprint density at radius 3 is 1.97 bits per heavy atom. The zero-order valence-corrected chi connectivity index (χ0v) is 19.9. The first-order valence-corrected chi connectivity index (χ1v) is 11.5. The lowest BCUT2D eigenvalue weighted by molar-refractivity contribution is -0.177. The number of benzene rings is 3. The number of anilines is 1. The van der Waals surface area contributed by atoms with Crippen LogP contribution >= 0.6 is 0 Å². The number of carbonyl (C=O) groups is 3. The summed E-state index contributed by atoms with van der Waals surface area (Å²) in [5.74, 6) is -4.75. The van der Waals surface area contributed by atoms with Crippen LogP contribution in [0.15, 0.2) is 84.9 Å². The van der Waals surface area contributed by atoms with Crippen LogP contribution in [0.4, 0.5) is 5.69 Å². The molecule has 2 atom stereocenters. The number of amides is 1. The number of hydrogen-bond donors (Lipinski definition) is 2. The van der Waals surface area contributed by atoms with Gasteiger partial charge in [-0.25, -0.2) is 4.79 Å². The minimum Gasteiger partial charge on any atom is -0.497 e. The van der Waals surface area contributed by atoms with Gasteiger partial charge in [0.1, 0.15) is 11.7 Å². The van der Waals surface area contributed by atoms with Crippen molar-refractivity contribution >= 4 is 23.5 Å². The van der Waals surface area contributed by atoms with Crippen molar-refractivity contribution in [1.82, 2.24) is 0 Å². The summed E-state index contributed by atoms with van der Waals surface area (Å²) >= 11 is 0. The monoisotopic (exact) mass is 483 g/mol. The number of ether oxygens (including phenoxy) is 2. The van der Waals surface area contributed by atoms with Gasteiger partial charge in [0.15, 0.2) is 5.60 Å². The summed E-state index contributed by atoms with van der Waals surface area (Å²) in [7, 11) is 1.55. The Balaban J connectivity index is 1.72. The van der Waals surface area contributed by atoms with Crippen molar-refractivity contribution in [2.75, 3.05) is 12.4 Å². The van der Waals surface area contributed by atoms with Crippen molar-refractivity contribution in [2.24, 2.45) is 11.8 Å². The predicted octanol–water partition coefficient (Wildman–Crippen LogP) is 4.47. The van der Waals surface area contributed by atoms with Crippen molar-refractivity contribution in [1.29, 1.82) is 0 Å². The molecule has 2 N–H and O–H groups in total. The molecule has 0 saturated heterocycles. The van der Waals surface area contributed by atoms with Crippen LogP contribution in [0.1, 0.15) is 35.1 Å². The van der Waals surface area contributed by atoms with Crippen LogP contribution in [0.25, 0.3) is 0 Å². The molecule has 0 spiro atoms. The number of nitrogens with one attached hydrogen (secondary N) is 1. The fourth-order valence-corrected chi connectivity index (χ4v) is 5.63. The van der Waals surface area contributed by atoms with E-state index in [1.165, 1.54) is 6.92 Å². The molecule has 2 bridgehead atoms. The van der Waals surface area contributed by atoms with Crippen LogP contribution in [0.5, 0.6) is 5.75 Å². The average Bonchev–Trinajstić information content (AvgIpc) is 2.88. The maximum absolute atomic E-state index is 13.8. The highest BCUT2D eigenvalue weighted by atomic mass is 16.6. The topological polar surface area (TPSA) is 102 Å². The van der Waals surface area contributed by atoms with Crippen LogP contribution in [0.3, 0.4) is 0 Å². The van der Waals surface area contributed by atoms with E-state index in [9.17, 15) is 19.5 Å². The molecule has 7 nitrogen and oxygen atoms in total. The molecule has 0 aromatic heterocycles. The van der Waals surface area contributed by atoms with Gasteiger partial charge in [-0.05, 0) is 42.3 Å². The van der Waals surface area contributed by atoms with Gasteiger partial charge in [-0.2, -0.15) is 0 Å². The summed E-state index contributed by atoms with van der Waals surface area (Å²) in [4.78, 5) is 39.8. The quantitative estimate of drug-likeness (QED) is 0.396. The molecule has 0 radical (unpaired) electrons. The third kappa shape index (κ3) is 3.39. The number of carbonyl (C=O) groups excluding carboxylic acids is 2. The average molecular weight is 484 g/mol. The fourth-order valence-electron chi connectivity index (χ4n) is 5.63. The Bertz CT molecular complexity index is 1350. The van der Waals surface area contributed by atoms with Crippen molar-refractivity contribution < 1.29 is 29.0 Å². The molecule has 0 saturated carbocycles. The molecule has 7 heteroatoms. The zero-order valence-electron chi connectivity index (χ0n) is 19.9. The lowest BCUT2D eigenvalue weighted by Gasteiger charge is -2.54. The van der Waals surface area contributed by atoms with Gasteiger partial charge in [0.05, 0.1) is 13.0 Å². The summed E-state index contributed by atoms with van der Waals surface area (Å²) in [5, 5.41) is 13.4. The SMILES string of the molecule is C=C(C)C(=O)OC12c3ccccc3C(c3ccccc31)C(C(=O)Nc1ccc(OC)cc1)C2C(=O)O. The molecule has 1 amide bonds. The van der Waals surface area contributed by atoms with Crippen molar-refractivity contribution in [3.63, 3.8) is 0 Å². The zero-order chi connectivity index (χ0) is 25.6. The van der Waals surface area contributed by atoms with Crippen LogP contribution in [-0.4, -0.2) is 30.1 Å². The van der Waals surface area contributed by atoms with Crippen molar-refractivity contribution in [3.05, 3.63) is 107 Å². The highest BCUT2D eigenvalue weighted by Gasteiger charge is 2.66. The summed E-state index contributed by atoms with van der Waals surface area (Å²) in [6, 6.07) is 21.3. The largest absolute Gasteiger partial charge is 0.497 e. The third-order valence-electron chi connectivity index (χ3n) is 7.08. The second-order valence-corrected chi connectivity index (χ2v) is 9.12. The van der Waals surface area contributed by atoms with E-state index in [1.807, 2.05) is 24.3 Å². The number of hydrogen-bond acceptors (Lipinski definition) is 5. The van der Waals surface area contributed by atoms with Crippen molar-refractivity contribution in [3.8, 4) is 5.75 Å². The molecule has 3 aliphatic rings. The minimum atomic E-state index is -1.70. The standard InChI is InChI=1S/C29H25NO6/c1-16(2)28(34)36-29-21-10-6-4-8-19(21)23(20-9-5-7-11-22(20)29)24(25(29)27(32)33)26(31)30-17-12-14-18(35-3)15-13-17/h4-15,23-25H,1H2,2-3H3,(H,30,31)(H,32,33). The lowest BCUT2D eigenvalue weighted by Crippen LogP contribution is -2.59. The molecule has 6 rings (SSSR count). The highest BCUT2D eigenvalue weighted by Crippen LogP contribution is 2.62. The summed E-state index contributed by atoms with van der Waals surface area (Å²) in [6.45, 7) is 5.20. The summed E-state index contributed by atoms with van der Waals surface area (Å²) < 4.78 is 11.3. The van der Waals surface area contributed by atoms with E-state index < -0.39 is 41.2 Å². The normalized spacial score (nSPS) is 23.1. The van der Waals surface area contributed by atoms with Gasteiger partial charge in [-0.1, -0.05) is 55.1 Å². The number of fused-ring (bicyclic) bond motifs is 1. The molecule has 36 heavy (non-hydrogen) atoms. The van der Waals surface area contributed by atoms with Gasteiger partial charge in [-0.3, -0.25) is 9.59 Å². The number of methoxy groups -OCH3 is 1. The predicted molar refractivity (Wildman–Crippen MR) is 133 cm³/mol. The number of carboxylic acids is 1. The smallest absolute Gasteiger partial charge is 0.334 e. The van der Waals surface area contributed by atoms with Crippen LogP contribution in [0, 0.1) is 11.8 Å². The molecule has 182 valence electrons. The van der Waals surface area contributed by atoms with Gasteiger partial charge < -0.3 is 19.9 Å². The third-order valence-corrected chi connectivity index (χ3v) is 7.08. The van der Waals surface area contributed by atoms with Crippen molar-refractivity contribution in [2.45, 2.75) is 18.4 Å². The maximum Gasteiger partial charge on any atom is 0.334 e. The highest BCUT2D eigenvalue weighted by molar-refractivity contribution is 5.99. The molecule has 0 aliphatic heterocycles. The number of esters is 1. The van der Waals surface area contributed by atoms with Crippen LogP contribution in [-0.2, 0) is 24.7 Å². The first kappa shape index (κ1) is 23.4. The molecular weight excluding hydrogens is 458 g/mol. The van der Waals surface area contributed by atoms with Gasteiger partial charge in [-0.15, -0.1) is 0 Å². The second-order valence-electron chi connectivity index (χ2n) is 9.12. The van der Waals surface area contributed by atoms with Gasteiger partial charge >= 0.3 is 11.9 Å². The number of aliphatic carboxylic acids is 1. The Morgan fingerprint density at radius 1 is 0.917 bits per heavy atom. The number of rotatable bonds is 6. The molecular formula is C29H25NO6. The Morgan fingerprint density at radius 2 is 1.47 bits per heavy atom.